The highest BCUT2D eigenvalue weighted by Gasteiger charge is 2.67. The lowest BCUT2D eigenvalue weighted by molar-refractivity contribution is -0.138. The van der Waals surface area contributed by atoms with E-state index in [0.717, 1.165) is 31.3 Å². The van der Waals surface area contributed by atoms with Crippen molar-refractivity contribution in [2.24, 2.45) is 29.6 Å². The normalized spacial score (nSPS) is 41.7. The van der Waals surface area contributed by atoms with Crippen molar-refractivity contribution in [3.8, 4) is 0 Å². The predicted octanol–water partition coefficient (Wildman–Crippen LogP) is 0.897. The summed E-state index contributed by atoms with van der Waals surface area (Å²) in [6, 6.07) is 0. The lowest BCUT2D eigenvalue weighted by Gasteiger charge is -2.22. The van der Waals surface area contributed by atoms with Gasteiger partial charge in [0, 0.05) is 32.1 Å². The average molecular weight is 292 g/mol. The summed E-state index contributed by atoms with van der Waals surface area (Å²) in [4.78, 5) is 27.5. The summed E-state index contributed by atoms with van der Waals surface area (Å²) in [7, 11) is 0. The van der Waals surface area contributed by atoms with E-state index >= 15 is 0 Å². The fraction of sp³-hybridized carbons (Fsp3) is 0.875. The van der Waals surface area contributed by atoms with Gasteiger partial charge in [0.1, 0.15) is 0 Å². The number of amides is 1. The van der Waals surface area contributed by atoms with E-state index in [4.69, 9.17) is 5.11 Å². The van der Waals surface area contributed by atoms with Crippen LogP contribution in [0.1, 0.15) is 25.7 Å². The predicted molar refractivity (Wildman–Crippen MR) is 76.6 cm³/mol. The fourth-order valence-electron chi connectivity index (χ4n) is 5.41. The largest absolute Gasteiger partial charge is 0.480 e. The third-order valence-corrected chi connectivity index (χ3v) is 6.28. The minimum atomic E-state index is -0.775. The van der Waals surface area contributed by atoms with Gasteiger partial charge in [-0.1, -0.05) is 0 Å². The average Bonchev–Trinajstić information content (AvgIpc) is 3.00. The zero-order valence-electron chi connectivity index (χ0n) is 12.4. The molecule has 4 rings (SSSR count). The van der Waals surface area contributed by atoms with Crippen LogP contribution in [0.15, 0.2) is 0 Å². The fourth-order valence-corrected chi connectivity index (χ4v) is 5.41. The molecule has 5 nitrogen and oxygen atoms in total. The number of carbonyl (C=O) groups excluding carboxylic acids is 1. The first kappa shape index (κ1) is 13.6. The summed E-state index contributed by atoms with van der Waals surface area (Å²) in [5, 5.41) is 8.88. The number of carboxylic acid groups (broad SMARTS) is 1. The number of hydrogen-bond donors (Lipinski definition) is 1. The van der Waals surface area contributed by atoms with Gasteiger partial charge < -0.3 is 10.0 Å². The molecule has 5 heteroatoms. The van der Waals surface area contributed by atoms with E-state index in [0.29, 0.717) is 36.8 Å². The monoisotopic (exact) mass is 292 g/mol. The van der Waals surface area contributed by atoms with Crippen LogP contribution in [0.4, 0.5) is 0 Å². The summed E-state index contributed by atoms with van der Waals surface area (Å²) >= 11 is 0. The molecule has 3 saturated carbocycles. The highest BCUT2D eigenvalue weighted by molar-refractivity contribution is 5.83. The summed E-state index contributed by atoms with van der Waals surface area (Å²) in [6.07, 6.45) is 4.98. The van der Waals surface area contributed by atoms with Crippen molar-refractivity contribution < 1.29 is 14.7 Å². The summed E-state index contributed by atoms with van der Waals surface area (Å²) in [5.41, 5.74) is 0. The smallest absolute Gasteiger partial charge is 0.317 e. The van der Waals surface area contributed by atoms with Crippen LogP contribution in [0.5, 0.6) is 0 Å². The van der Waals surface area contributed by atoms with E-state index in [-0.39, 0.29) is 6.54 Å². The van der Waals surface area contributed by atoms with Crippen molar-refractivity contribution in [2.75, 3.05) is 32.7 Å². The third kappa shape index (κ3) is 2.26. The van der Waals surface area contributed by atoms with Gasteiger partial charge in [0.15, 0.2) is 0 Å². The van der Waals surface area contributed by atoms with E-state index < -0.39 is 5.97 Å². The van der Waals surface area contributed by atoms with Gasteiger partial charge in [-0.05, 0) is 49.4 Å². The molecular formula is C16H24N2O3. The quantitative estimate of drug-likeness (QED) is 0.839. The van der Waals surface area contributed by atoms with E-state index in [1.165, 1.54) is 19.3 Å². The molecule has 0 spiro atoms. The van der Waals surface area contributed by atoms with Crippen molar-refractivity contribution in [1.29, 1.82) is 0 Å². The summed E-state index contributed by atoms with van der Waals surface area (Å²) < 4.78 is 0. The molecule has 0 aromatic heterocycles. The molecule has 21 heavy (non-hydrogen) atoms. The molecule has 1 N–H and O–H groups in total. The lowest BCUT2D eigenvalue weighted by Crippen LogP contribution is -2.38. The van der Waals surface area contributed by atoms with Gasteiger partial charge in [0.25, 0.3) is 0 Å². The first-order valence-electron chi connectivity index (χ1n) is 8.38. The van der Waals surface area contributed by atoms with E-state index in [1.807, 2.05) is 9.80 Å². The first-order chi connectivity index (χ1) is 10.1. The maximum absolute atomic E-state index is 12.8. The van der Waals surface area contributed by atoms with Crippen LogP contribution >= 0.6 is 0 Å². The molecule has 1 aliphatic heterocycles. The Hall–Kier alpha value is -1.10. The Morgan fingerprint density at radius 2 is 1.71 bits per heavy atom. The summed E-state index contributed by atoms with van der Waals surface area (Å²) in [5.74, 6) is 3.00. The maximum atomic E-state index is 12.8. The van der Waals surface area contributed by atoms with Crippen LogP contribution < -0.4 is 0 Å². The number of fused-ring (bicyclic) bond motifs is 5. The van der Waals surface area contributed by atoms with E-state index in [1.54, 1.807) is 0 Å². The Labute approximate surface area is 125 Å². The Morgan fingerprint density at radius 1 is 1.00 bits per heavy atom. The zero-order chi connectivity index (χ0) is 14.6. The molecule has 0 radical (unpaired) electrons. The van der Waals surface area contributed by atoms with Gasteiger partial charge in [-0.3, -0.25) is 14.5 Å². The minimum absolute atomic E-state index is 0.0981. The molecule has 1 heterocycles. The molecule has 0 aromatic rings. The standard InChI is InChI=1S/C16H24N2O3/c19-12(20)9-17-4-1-5-18(7-6-17)16(21)15-13-10-2-3-11(8-10)14(13)15/h10-11,13-15H,1-9H2,(H,19,20). The molecule has 4 aliphatic rings. The molecular weight excluding hydrogens is 268 g/mol. The van der Waals surface area contributed by atoms with Crippen LogP contribution in [0.3, 0.4) is 0 Å². The van der Waals surface area contributed by atoms with Crippen LogP contribution in [0, 0.1) is 29.6 Å². The molecule has 4 unspecified atom stereocenters. The van der Waals surface area contributed by atoms with Crippen LogP contribution in [0.25, 0.3) is 0 Å². The van der Waals surface area contributed by atoms with E-state index in [9.17, 15) is 9.59 Å². The van der Waals surface area contributed by atoms with Gasteiger partial charge in [0.2, 0.25) is 5.91 Å². The molecule has 4 atom stereocenters. The number of carbonyl (C=O) groups is 2. The maximum Gasteiger partial charge on any atom is 0.317 e. The third-order valence-electron chi connectivity index (χ3n) is 6.28. The molecule has 4 fully saturated rings. The first-order valence-corrected chi connectivity index (χ1v) is 8.38. The lowest BCUT2D eigenvalue weighted by atomic mass is 10.0. The number of carboxylic acids is 1. The topological polar surface area (TPSA) is 60.9 Å². The molecule has 0 aromatic carbocycles. The second-order valence-electron chi connectivity index (χ2n) is 7.36. The van der Waals surface area contributed by atoms with Crippen molar-refractivity contribution in [1.82, 2.24) is 9.80 Å². The Balaban J connectivity index is 1.35. The van der Waals surface area contributed by atoms with Gasteiger partial charge in [-0.15, -0.1) is 0 Å². The Bertz CT molecular complexity index is 450. The number of hydrogen-bond acceptors (Lipinski definition) is 3. The van der Waals surface area contributed by atoms with Crippen LogP contribution in [-0.2, 0) is 9.59 Å². The van der Waals surface area contributed by atoms with E-state index in [2.05, 4.69) is 0 Å². The van der Waals surface area contributed by atoms with Crippen molar-refractivity contribution in [3.63, 3.8) is 0 Å². The Morgan fingerprint density at radius 3 is 2.38 bits per heavy atom. The van der Waals surface area contributed by atoms with Crippen molar-refractivity contribution >= 4 is 11.9 Å². The summed E-state index contributed by atoms with van der Waals surface area (Å²) in [6.45, 7) is 3.10. The van der Waals surface area contributed by atoms with Crippen LogP contribution in [0.2, 0.25) is 0 Å². The minimum Gasteiger partial charge on any atom is -0.480 e. The number of rotatable bonds is 3. The van der Waals surface area contributed by atoms with Gasteiger partial charge >= 0.3 is 5.97 Å². The SMILES string of the molecule is O=C(O)CN1CCCN(C(=O)C2C3C4CCC(C4)C23)CC1. The van der Waals surface area contributed by atoms with Gasteiger partial charge in [-0.2, -0.15) is 0 Å². The molecule has 116 valence electrons. The highest BCUT2D eigenvalue weighted by Crippen LogP contribution is 2.69. The van der Waals surface area contributed by atoms with Crippen molar-refractivity contribution in [2.45, 2.75) is 25.7 Å². The molecule has 1 saturated heterocycles. The van der Waals surface area contributed by atoms with Gasteiger partial charge in [0.05, 0.1) is 6.54 Å². The molecule has 2 bridgehead atoms. The van der Waals surface area contributed by atoms with Gasteiger partial charge in [-0.25, -0.2) is 0 Å². The second-order valence-corrected chi connectivity index (χ2v) is 7.36. The Kier molecular flexibility index (Phi) is 3.21. The zero-order valence-corrected chi connectivity index (χ0v) is 12.4. The van der Waals surface area contributed by atoms with Crippen LogP contribution in [-0.4, -0.2) is 59.5 Å². The second kappa shape index (κ2) is 4.97. The van der Waals surface area contributed by atoms with Crippen molar-refractivity contribution in [3.05, 3.63) is 0 Å². The molecule has 1 amide bonds. The highest BCUT2D eigenvalue weighted by atomic mass is 16.4. The number of nitrogens with zero attached hydrogens (tertiary/aromatic N) is 2. The number of aliphatic carboxylic acids is 1. The molecule has 3 aliphatic carbocycles.